The Kier molecular flexibility index (Phi) is 12.8. The first-order valence-corrected chi connectivity index (χ1v) is 23.7. The molecule has 2 heterocycles. The lowest BCUT2D eigenvalue weighted by Gasteiger charge is -2.21. The number of carbonyl (C=O) groups is 2. The first-order chi connectivity index (χ1) is 35.2. The number of aromatic nitrogens is 4. The summed E-state index contributed by atoms with van der Waals surface area (Å²) >= 11 is 0. The second kappa shape index (κ2) is 19.0. The van der Waals surface area contributed by atoms with Crippen molar-refractivity contribution in [3.8, 4) is 22.7 Å². The van der Waals surface area contributed by atoms with Gasteiger partial charge < -0.3 is 0 Å². The number of nitro benzene ring substituents is 2. The van der Waals surface area contributed by atoms with Crippen LogP contribution in [-0.4, -0.2) is 39.7 Å². The van der Waals surface area contributed by atoms with Crippen LogP contribution in [0.25, 0.3) is 22.7 Å². The van der Waals surface area contributed by atoms with Crippen molar-refractivity contribution in [2.24, 2.45) is 30.9 Å². The number of fused-ring (bicyclic) bond motifs is 2. The zero-order valence-electron chi connectivity index (χ0n) is 43.1. The highest BCUT2D eigenvalue weighted by molar-refractivity contribution is 6.27. The monoisotopic (exact) mass is 988 g/mol. The van der Waals surface area contributed by atoms with Crippen molar-refractivity contribution in [3.05, 3.63) is 218 Å². The average Bonchev–Trinajstić information content (AvgIpc) is 3.80. The van der Waals surface area contributed by atoms with Crippen LogP contribution in [0.1, 0.15) is 99.1 Å². The van der Waals surface area contributed by atoms with Gasteiger partial charge in [0, 0.05) is 24.3 Å². The van der Waals surface area contributed by atoms with Gasteiger partial charge in [0.1, 0.15) is 22.8 Å². The molecule has 0 unspecified atom stereocenters. The molecule has 1 aliphatic rings. The zero-order valence-corrected chi connectivity index (χ0v) is 43.1. The molecule has 6 aromatic carbocycles. The van der Waals surface area contributed by atoms with E-state index in [4.69, 9.17) is 10.2 Å². The molecule has 0 fully saturated rings. The lowest BCUT2D eigenvalue weighted by Crippen LogP contribution is -2.29. The van der Waals surface area contributed by atoms with E-state index in [1.165, 1.54) is 48.5 Å². The predicted molar refractivity (Wildman–Crippen MR) is 280 cm³/mol. The maximum Gasteiger partial charge on any atom is 0.269 e. The summed E-state index contributed by atoms with van der Waals surface area (Å²) in [6, 6.07) is 27.1. The van der Waals surface area contributed by atoms with Crippen molar-refractivity contribution < 1.29 is 19.4 Å². The van der Waals surface area contributed by atoms with Gasteiger partial charge in [0.05, 0.1) is 44.0 Å². The van der Waals surface area contributed by atoms with Crippen molar-refractivity contribution in [2.45, 2.75) is 83.1 Å². The Hall–Kier alpha value is -9.32. The number of imidazole rings is 2. The number of benzene rings is 6. The molecule has 0 saturated heterocycles. The summed E-state index contributed by atoms with van der Waals surface area (Å²) in [4.78, 5) is 55.4. The number of ketones is 2. The normalized spacial score (nSPS) is 12.2. The molecule has 9 rings (SSSR count). The highest BCUT2D eigenvalue weighted by atomic mass is 16.6. The van der Waals surface area contributed by atoms with Crippen LogP contribution in [0, 0.1) is 103 Å². The molecule has 0 N–H and O–H groups in total. The van der Waals surface area contributed by atoms with Crippen molar-refractivity contribution in [2.75, 3.05) is 0 Å². The summed E-state index contributed by atoms with van der Waals surface area (Å²) in [5, 5.41) is 50.1. The Balaban J connectivity index is 1.49. The van der Waals surface area contributed by atoms with Gasteiger partial charge in [-0.2, -0.15) is 0 Å². The highest BCUT2D eigenvalue weighted by Gasteiger charge is 2.45. The van der Waals surface area contributed by atoms with Gasteiger partial charge in [-0.05, 0) is 162 Å². The second-order valence-corrected chi connectivity index (χ2v) is 19.1. The molecule has 0 amide bonds. The molecule has 0 radical (unpaired) electrons. The number of aryl methyl sites for hydroxylation is 12. The molecule has 18 nitrogen and oxygen atoms in total. The predicted octanol–water partition coefficient (Wildman–Crippen LogP) is 12.3. The number of hydrogen-bond donors (Lipinski definition) is 0. The molecule has 8 aromatic rings. The quantitative estimate of drug-likeness (QED) is 0.0737. The van der Waals surface area contributed by atoms with E-state index in [0.717, 1.165) is 66.8 Å². The molecule has 0 bridgehead atoms. The number of carbonyl (C=O) groups excluding carboxylic acids is 2. The lowest BCUT2D eigenvalue weighted by molar-refractivity contribution is -0.385. The first kappa shape index (κ1) is 49.7. The first-order valence-electron chi connectivity index (χ1n) is 23.7. The average molecular weight is 989 g/mol. The summed E-state index contributed by atoms with van der Waals surface area (Å²) in [5.41, 5.74) is 13.0. The van der Waals surface area contributed by atoms with E-state index in [2.05, 4.69) is 20.7 Å². The zero-order chi connectivity index (χ0) is 53.2. The summed E-state index contributed by atoms with van der Waals surface area (Å²) in [5.74, 6) is -1.08. The Morgan fingerprint density at radius 2 is 0.581 bits per heavy atom. The Morgan fingerprint density at radius 1 is 0.365 bits per heavy atom. The molecule has 372 valence electrons. The van der Waals surface area contributed by atoms with Gasteiger partial charge >= 0.3 is 0 Å². The standard InChI is InChI=1S/C56H52N12O6/c1-29-21-33(5)45(34(6)22-29)63-49-50(64(46-35(7)23-30(2)24-36(46)8)55(63)59-61-57-41-13-17-43(18-14-41)67(71)72)54(70)52-51(53(49)69)65(47-37(9)25-31(3)26-38(47)10)56(66(52)48-39(11)27-32(4)28-40(48)12)60-62-58-42-15-19-44(20-16-42)68(73)74/h13-28H,1-12H3. The SMILES string of the molecule is Cc1cc(C)c(-n2c3c(n(-c4c(C)cc(C)cc4C)c2=NN=Nc2ccc([N+](=O)[O-])cc2)C(=O)c2c(n(-c4c(C)cc(C)cc4C)c(=NN=Nc4ccc([N+](=O)[O-])cc4)n2-c2c(C)cc(C)cc2C)C3=O)c(C)c1. The minimum absolute atomic E-state index is 0.00550. The molecular weight excluding hydrogens is 937 g/mol. The third kappa shape index (κ3) is 8.58. The second-order valence-electron chi connectivity index (χ2n) is 19.1. The van der Waals surface area contributed by atoms with E-state index in [1.807, 2.05) is 132 Å². The lowest BCUT2D eigenvalue weighted by atomic mass is 9.95. The van der Waals surface area contributed by atoms with Crippen molar-refractivity contribution >= 4 is 34.3 Å². The van der Waals surface area contributed by atoms with Crippen LogP contribution in [-0.2, 0) is 0 Å². The van der Waals surface area contributed by atoms with Gasteiger partial charge in [0.15, 0.2) is 0 Å². The van der Waals surface area contributed by atoms with Gasteiger partial charge in [-0.3, -0.25) is 48.1 Å². The maximum absolute atomic E-state index is 16.7. The Labute approximate surface area is 425 Å². The third-order valence-electron chi connectivity index (χ3n) is 13.1. The molecule has 0 spiro atoms. The number of non-ortho nitro benzene ring substituents is 2. The fourth-order valence-corrected chi connectivity index (χ4v) is 10.7. The van der Waals surface area contributed by atoms with Gasteiger partial charge in [-0.1, -0.05) is 81.0 Å². The summed E-state index contributed by atoms with van der Waals surface area (Å²) < 4.78 is 6.78. The van der Waals surface area contributed by atoms with Crippen molar-refractivity contribution in [1.29, 1.82) is 0 Å². The molecular formula is C56H52N12O6. The Bertz CT molecular complexity index is 3430. The van der Waals surface area contributed by atoms with Gasteiger partial charge in [-0.15, -0.1) is 10.2 Å². The molecule has 1 aliphatic carbocycles. The van der Waals surface area contributed by atoms with Gasteiger partial charge in [0.2, 0.25) is 22.8 Å². The van der Waals surface area contributed by atoms with E-state index < -0.39 is 21.4 Å². The number of nitro groups is 2. The topological polar surface area (TPSA) is 214 Å². The van der Waals surface area contributed by atoms with Crippen LogP contribution in [0.4, 0.5) is 22.7 Å². The van der Waals surface area contributed by atoms with Crippen LogP contribution in [0.3, 0.4) is 0 Å². The van der Waals surface area contributed by atoms with Gasteiger partial charge in [-0.25, -0.2) is 0 Å². The molecule has 2 aromatic heterocycles. The summed E-state index contributed by atoms with van der Waals surface area (Å²) in [6.07, 6.45) is 0. The number of nitrogens with zero attached hydrogens (tertiary/aromatic N) is 12. The van der Waals surface area contributed by atoms with E-state index in [9.17, 15) is 20.2 Å². The van der Waals surface area contributed by atoms with Crippen LogP contribution >= 0.6 is 0 Å². The Morgan fingerprint density at radius 3 is 0.784 bits per heavy atom. The number of hydrogen-bond acceptors (Lipinski definition) is 10. The highest BCUT2D eigenvalue weighted by Crippen LogP contribution is 2.38. The third-order valence-corrected chi connectivity index (χ3v) is 13.1. The largest absolute Gasteiger partial charge is 0.285 e. The summed E-state index contributed by atoms with van der Waals surface area (Å²) in [6.45, 7) is 23.4. The van der Waals surface area contributed by atoms with Gasteiger partial charge in [0.25, 0.3) is 11.4 Å². The summed E-state index contributed by atoms with van der Waals surface area (Å²) in [7, 11) is 0. The number of rotatable bonds is 10. The van der Waals surface area contributed by atoms with E-state index >= 15 is 9.59 Å². The molecule has 0 atom stereocenters. The minimum Gasteiger partial charge on any atom is -0.285 e. The minimum atomic E-state index is -0.539. The van der Waals surface area contributed by atoms with E-state index in [1.54, 1.807) is 18.3 Å². The fraction of sp³-hybridized carbons (Fsp3) is 0.214. The fourth-order valence-electron chi connectivity index (χ4n) is 10.7. The van der Waals surface area contributed by atoms with Crippen molar-refractivity contribution in [1.82, 2.24) is 18.3 Å². The van der Waals surface area contributed by atoms with E-state index in [-0.39, 0.29) is 56.8 Å². The van der Waals surface area contributed by atoms with Crippen LogP contribution in [0.15, 0.2) is 128 Å². The van der Waals surface area contributed by atoms with E-state index in [0.29, 0.717) is 22.7 Å². The van der Waals surface area contributed by atoms with Crippen LogP contribution in [0.5, 0.6) is 0 Å². The van der Waals surface area contributed by atoms with Crippen LogP contribution < -0.4 is 11.2 Å². The molecule has 18 heteroatoms. The molecule has 0 aliphatic heterocycles. The molecule has 74 heavy (non-hydrogen) atoms. The smallest absolute Gasteiger partial charge is 0.269 e. The maximum atomic E-state index is 16.7. The molecule has 0 saturated carbocycles. The van der Waals surface area contributed by atoms with Crippen LogP contribution in [0.2, 0.25) is 0 Å². The van der Waals surface area contributed by atoms with Crippen molar-refractivity contribution in [3.63, 3.8) is 0 Å².